The van der Waals surface area contributed by atoms with Crippen molar-refractivity contribution < 1.29 is 27.6 Å². The summed E-state index contributed by atoms with van der Waals surface area (Å²) in [6.45, 7) is 0. The predicted octanol–water partition coefficient (Wildman–Crippen LogP) is 0.907. The lowest BCUT2D eigenvalue weighted by Gasteiger charge is -2.09. The van der Waals surface area contributed by atoms with E-state index in [1.165, 1.54) is 0 Å². The molecule has 11 heteroatoms. The first kappa shape index (κ1) is 15.2. The molecular formula is C9H7F3N4O4. The Kier molecular flexibility index (Phi) is 4.12. The number of hydrogen-bond donors (Lipinski definition) is 2. The second-order valence-electron chi connectivity index (χ2n) is 3.33. The third-order valence-corrected chi connectivity index (χ3v) is 1.86. The van der Waals surface area contributed by atoms with Gasteiger partial charge in [-0.25, -0.2) is 0 Å². The molecule has 0 aliphatic rings. The van der Waals surface area contributed by atoms with Crippen molar-refractivity contribution in [3.8, 4) is 5.75 Å². The van der Waals surface area contributed by atoms with Gasteiger partial charge in [-0.05, 0) is 6.07 Å². The molecule has 0 fully saturated rings. The van der Waals surface area contributed by atoms with Crippen LogP contribution in [0.5, 0.6) is 5.75 Å². The largest absolute Gasteiger partial charge is 0.573 e. The average Bonchev–Trinajstić information content (AvgIpc) is 2.25. The molecule has 0 atom stereocenters. The second kappa shape index (κ2) is 5.42. The Hall–Kier alpha value is -2.85. The number of nitro groups is 1. The maximum atomic E-state index is 12.0. The van der Waals surface area contributed by atoms with E-state index in [1.54, 1.807) is 0 Å². The first-order valence-electron chi connectivity index (χ1n) is 4.78. The fraction of sp³-hybridized carbons (Fsp3) is 0.111. The Balaban J connectivity index is 3.29. The molecule has 0 aromatic heterocycles. The molecule has 0 aliphatic carbocycles. The molecular weight excluding hydrogens is 285 g/mol. The lowest BCUT2D eigenvalue weighted by molar-refractivity contribution is -0.385. The molecule has 1 rings (SSSR count). The fourth-order valence-electron chi connectivity index (χ4n) is 1.22. The van der Waals surface area contributed by atoms with E-state index < -0.39 is 40.2 Å². The number of hydrogen-bond acceptors (Lipinski definition) is 4. The molecule has 0 saturated heterocycles. The zero-order valence-electron chi connectivity index (χ0n) is 9.55. The highest BCUT2D eigenvalue weighted by molar-refractivity contribution is 6.04. The number of halogens is 3. The summed E-state index contributed by atoms with van der Waals surface area (Å²) in [6.07, 6.45) is -5.01. The lowest BCUT2D eigenvalue weighted by atomic mass is 10.1. The van der Waals surface area contributed by atoms with Crippen LogP contribution >= 0.6 is 0 Å². The van der Waals surface area contributed by atoms with E-state index >= 15 is 0 Å². The van der Waals surface area contributed by atoms with E-state index in [0.29, 0.717) is 18.2 Å². The Morgan fingerprint density at radius 1 is 1.35 bits per heavy atom. The summed E-state index contributed by atoms with van der Waals surface area (Å²) >= 11 is 0. The highest BCUT2D eigenvalue weighted by atomic mass is 19.4. The predicted molar refractivity (Wildman–Crippen MR) is 59.9 cm³/mol. The molecule has 0 heterocycles. The van der Waals surface area contributed by atoms with Crippen molar-refractivity contribution in [3.05, 3.63) is 33.9 Å². The Morgan fingerprint density at radius 3 is 2.40 bits per heavy atom. The summed E-state index contributed by atoms with van der Waals surface area (Å²) in [4.78, 5) is 24.3. The van der Waals surface area contributed by atoms with Gasteiger partial charge in [0.1, 0.15) is 11.3 Å². The summed E-state index contributed by atoms with van der Waals surface area (Å²) in [5.74, 6) is -2.76. The number of amides is 1. The number of nitrogens with zero attached hydrogens (tertiary/aromatic N) is 2. The van der Waals surface area contributed by atoms with Gasteiger partial charge in [0.05, 0.1) is 4.92 Å². The van der Waals surface area contributed by atoms with Crippen molar-refractivity contribution in [3.63, 3.8) is 0 Å². The van der Waals surface area contributed by atoms with Gasteiger partial charge in [-0.1, -0.05) is 0 Å². The van der Waals surface area contributed by atoms with Crippen LogP contribution in [0.4, 0.5) is 18.9 Å². The van der Waals surface area contributed by atoms with E-state index in [1.807, 2.05) is 0 Å². The first-order chi connectivity index (χ1) is 9.10. The third kappa shape index (κ3) is 4.12. The number of nitro benzene ring substituents is 1. The van der Waals surface area contributed by atoms with E-state index in [-0.39, 0.29) is 0 Å². The van der Waals surface area contributed by atoms with E-state index in [2.05, 4.69) is 9.73 Å². The number of aliphatic imine (C=N–C) groups is 1. The molecule has 1 amide bonds. The number of benzene rings is 1. The van der Waals surface area contributed by atoms with Crippen LogP contribution in [0.1, 0.15) is 10.4 Å². The molecule has 0 aliphatic heterocycles. The molecule has 1 aromatic carbocycles. The minimum Gasteiger partial charge on any atom is -0.406 e. The Morgan fingerprint density at radius 2 is 1.95 bits per heavy atom. The van der Waals surface area contributed by atoms with Crippen molar-refractivity contribution in [1.29, 1.82) is 0 Å². The van der Waals surface area contributed by atoms with Crippen molar-refractivity contribution in [2.75, 3.05) is 0 Å². The molecule has 108 valence electrons. The molecule has 0 bridgehead atoms. The van der Waals surface area contributed by atoms with Crippen LogP contribution in [-0.4, -0.2) is 23.2 Å². The maximum absolute atomic E-state index is 12.0. The second-order valence-corrected chi connectivity index (χ2v) is 3.33. The number of carbonyl (C=O) groups is 1. The number of nitrogens with two attached hydrogens (primary N) is 2. The molecule has 20 heavy (non-hydrogen) atoms. The number of carbonyl (C=O) groups excluding carboxylic acids is 1. The number of ether oxygens (including phenoxy) is 1. The molecule has 8 nitrogen and oxygen atoms in total. The molecule has 0 radical (unpaired) electrons. The number of alkyl halides is 3. The van der Waals surface area contributed by atoms with Crippen LogP contribution in [0.3, 0.4) is 0 Å². The normalized spacial score (nSPS) is 10.8. The van der Waals surface area contributed by atoms with Gasteiger partial charge in [0.15, 0.2) is 5.96 Å². The molecule has 1 aromatic rings. The topological polar surface area (TPSA) is 134 Å². The van der Waals surface area contributed by atoms with Gasteiger partial charge in [-0.2, -0.15) is 4.99 Å². The van der Waals surface area contributed by atoms with Gasteiger partial charge in [-0.15, -0.1) is 13.2 Å². The highest BCUT2D eigenvalue weighted by Gasteiger charge is 2.32. The number of rotatable bonds is 3. The summed E-state index contributed by atoms with van der Waals surface area (Å²) in [7, 11) is 0. The molecule has 0 unspecified atom stereocenters. The van der Waals surface area contributed by atoms with Crippen LogP contribution in [0, 0.1) is 10.1 Å². The van der Waals surface area contributed by atoms with Crippen molar-refractivity contribution in [2.45, 2.75) is 6.36 Å². The minimum atomic E-state index is -5.01. The van der Waals surface area contributed by atoms with Crippen LogP contribution in [0.15, 0.2) is 23.2 Å². The monoisotopic (exact) mass is 292 g/mol. The quantitative estimate of drug-likeness (QED) is 0.368. The SMILES string of the molecule is NC(N)=NC(=O)c1cc(OC(F)(F)F)ccc1[N+](=O)[O-]. The number of guanidine groups is 1. The molecule has 0 spiro atoms. The summed E-state index contributed by atoms with van der Waals surface area (Å²) < 4.78 is 39.7. The van der Waals surface area contributed by atoms with Gasteiger partial charge in [-0.3, -0.25) is 14.9 Å². The molecule has 4 N–H and O–H groups in total. The third-order valence-electron chi connectivity index (χ3n) is 1.86. The van der Waals surface area contributed by atoms with Gasteiger partial charge in [0, 0.05) is 12.1 Å². The van der Waals surface area contributed by atoms with Gasteiger partial charge in [0.25, 0.3) is 11.6 Å². The Bertz CT molecular complexity index is 581. The van der Waals surface area contributed by atoms with E-state index in [0.717, 1.165) is 0 Å². The van der Waals surface area contributed by atoms with Crippen LogP contribution in [-0.2, 0) is 0 Å². The van der Waals surface area contributed by atoms with E-state index in [9.17, 15) is 28.1 Å². The summed E-state index contributed by atoms with van der Waals surface area (Å²) in [5, 5.41) is 10.7. The van der Waals surface area contributed by atoms with Gasteiger partial charge < -0.3 is 16.2 Å². The van der Waals surface area contributed by atoms with Crippen molar-refractivity contribution >= 4 is 17.6 Å². The summed E-state index contributed by atoms with van der Waals surface area (Å²) in [5.41, 5.74) is 8.36. The van der Waals surface area contributed by atoms with Crippen LogP contribution < -0.4 is 16.2 Å². The van der Waals surface area contributed by atoms with Crippen molar-refractivity contribution in [2.24, 2.45) is 16.5 Å². The summed E-state index contributed by atoms with van der Waals surface area (Å²) in [6, 6.07) is 1.90. The van der Waals surface area contributed by atoms with Gasteiger partial charge in [0.2, 0.25) is 0 Å². The molecule has 0 saturated carbocycles. The smallest absolute Gasteiger partial charge is 0.406 e. The zero-order chi connectivity index (χ0) is 15.5. The van der Waals surface area contributed by atoms with E-state index in [4.69, 9.17) is 11.5 Å². The minimum absolute atomic E-state index is 0.528. The standard InChI is InChI=1S/C9H7F3N4O4/c10-9(11,12)20-4-1-2-6(16(18)19)5(3-4)7(17)15-8(13)14/h1-3H,(H4,13,14,15,17). The zero-order valence-corrected chi connectivity index (χ0v) is 9.55. The Labute approximate surface area is 109 Å². The van der Waals surface area contributed by atoms with Crippen LogP contribution in [0.25, 0.3) is 0 Å². The van der Waals surface area contributed by atoms with Crippen LogP contribution in [0.2, 0.25) is 0 Å². The average molecular weight is 292 g/mol. The maximum Gasteiger partial charge on any atom is 0.573 e. The first-order valence-corrected chi connectivity index (χ1v) is 4.78. The lowest BCUT2D eigenvalue weighted by Crippen LogP contribution is -2.24. The van der Waals surface area contributed by atoms with Gasteiger partial charge >= 0.3 is 6.36 Å². The fourth-order valence-corrected chi connectivity index (χ4v) is 1.22. The highest BCUT2D eigenvalue weighted by Crippen LogP contribution is 2.28. The van der Waals surface area contributed by atoms with Crippen molar-refractivity contribution in [1.82, 2.24) is 0 Å².